The number of aliphatic hydroxyl groups excluding tert-OH is 4. The zero-order valence-corrected chi connectivity index (χ0v) is 10.4. The van der Waals surface area contributed by atoms with Crippen LogP contribution in [0.3, 0.4) is 0 Å². The van der Waals surface area contributed by atoms with Crippen LogP contribution in [0.25, 0.3) is 0 Å². The van der Waals surface area contributed by atoms with Crippen molar-refractivity contribution in [3.05, 3.63) is 34.4 Å². The number of hydrazone groups is 1. The molecule has 0 saturated heterocycles. The molecule has 0 radical (unpaired) electrons. The van der Waals surface area contributed by atoms with E-state index in [1.54, 1.807) is 6.07 Å². The summed E-state index contributed by atoms with van der Waals surface area (Å²) < 4.78 is 0. The van der Waals surface area contributed by atoms with Crippen molar-refractivity contribution in [1.82, 2.24) is 0 Å². The highest BCUT2D eigenvalue weighted by Crippen LogP contribution is 2.23. The van der Waals surface area contributed by atoms with Gasteiger partial charge in [0.1, 0.15) is 17.9 Å². The van der Waals surface area contributed by atoms with Crippen LogP contribution < -0.4 is 5.43 Å². The Morgan fingerprint density at radius 2 is 2.00 bits per heavy atom. The van der Waals surface area contributed by atoms with Crippen LogP contribution in [0, 0.1) is 10.1 Å². The number of nitro benzene ring substituents is 1. The Morgan fingerprint density at radius 1 is 1.35 bits per heavy atom. The molecule has 0 heterocycles. The highest BCUT2D eigenvalue weighted by molar-refractivity contribution is 5.90. The van der Waals surface area contributed by atoms with Crippen molar-refractivity contribution in [2.24, 2.45) is 5.10 Å². The number of nitrogens with zero attached hydrogens (tertiary/aromatic N) is 2. The van der Waals surface area contributed by atoms with Crippen LogP contribution in [0.1, 0.15) is 0 Å². The van der Waals surface area contributed by atoms with Gasteiger partial charge in [-0.3, -0.25) is 15.5 Å². The molecule has 0 bridgehead atoms. The van der Waals surface area contributed by atoms with E-state index < -0.39 is 30.3 Å². The first-order chi connectivity index (χ1) is 9.51. The molecule has 20 heavy (non-hydrogen) atoms. The molecule has 0 aliphatic heterocycles. The van der Waals surface area contributed by atoms with Crippen LogP contribution in [0.2, 0.25) is 0 Å². The second-order valence-corrected chi connectivity index (χ2v) is 3.84. The van der Waals surface area contributed by atoms with E-state index in [-0.39, 0.29) is 17.1 Å². The van der Waals surface area contributed by atoms with Gasteiger partial charge in [0.05, 0.1) is 23.8 Å². The quantitative estimate of drug-likeness (QED) is 0.247. The molecule has 0 unspecified atom stereocenters. The molecule has 9 heteroatoms. The largest absolute Gasteiger partial charge is 0.394 e. The lowest BCUT2D eigenvalue weighted by atomic mass is 10.1. The van der Waals surface area contributed by atoms with Crippen molar-refractivity contribution in [3.63, 3.8) is 0 Å². The number of anilines is 1. The van der Waals surface area contributed by atoms with Gasteiger partial charge in [-0.15, -0.1) is 0 Å². The van der Waals surface area contributed by atoms with Crippen LogP contribution >= 0.6 is 0 Å². The van der Waals surface area contributed by atoms with Crippen molar-refractivity contribution in [2.45, 2.75) is 12.2 Å². The standard InChI is InChI=1S/C11H15N3O6/c15-5-8(11(18)10(17)6-16)13-12-7-3-1-2-4-9(7)14(19)20/h1-4,10-12,15-18H,5-6H2/b13-8+/t10-,11+/m1/s1. The molecule has 2 atom stereocenters. The van der Waals surface area contributed by atoms with E-state index in [0.717, 1.165) is 0 Å². The van der Waals surface area contributed by atoms with Gasteiger partial charge >= 0.3 is 0 Å². The minimum atomic E-state index is -1.58. The second kappa shape index (κ2) is 7.50. The van der Waals surface area contributed by atoms with E-state index in [2.05, 4.69) is 10.5 Å². The summed E-state index contributed by atoms with van der Waals surface area (Å²) in [6.45, 7) is -1.41. The fourth-order valence-corrected chi connectivity index (χ4v) is 1.38. The highest BCUT2D eigenvalue weighted by Gasteiger charge is 2.21. The number of nitro groups is 1. The summed E-state index contributed by atoms with van der Waals surface area (Å²) in [4.78, 5) is 10.2. The number of benzene rings is 1. The summed E-state index contributed by atoms with van der Waals surface area (Å²) in [5, 5.41) is 50.9. The molecule has 0 spiro atoms. The lowest BCUT2D eigenvalue weighted by molar-refractivity contribution is -0.384. The summed E-state index contributed by atoms with van der Waals surface area (Å²) in [7, 11) is 0. The Kier molecular flexibility index (Phi) is 6.00. The summed E-state index contributed by atoms with van der Waals surface area (Å²) in [6, 6.07) is 5.67. The number of nitrogens with one attached hydrogen (secondary N) is 1. The molecule has 0 amide bonds. The third-order valence-corrected chi connectivity index (χ3v) is 2.48. The first-order valence-electron chi connectivity index (χ1n) is 5.65. The molecule has 1 aromatic rings. The predicted octanol–water partition coefficient (Wildman–Crippen LogP) is -0.931. The highest BCUT2D eigenvalue weighted by atomic mass is 16.6. The Bertz CT molecular complexity index is 493. The number of para-hydroxylation sites is 2. The smallest absolute Gasteiger partial charge is 0.294 e. The lowest BCUT2D eigenvalue weighted by Crippen LogP contribution is -2.38. The monoisotopic (exact) mass is 285 g/mol. The average molecular weight is 285 g/mol. The van der Waals surface area contributed by atoms with Gasteiger partial charge in [-0.1, -0.05) is 12.1 Å². The van der Waals surface area contributed by atoms with Crippen LogP contribution in [0.15, 0.2) is 29.4 Å². The Hall–Kier alpha value is -2.07. The molecule has 9 nitrogen and oxygen atoms in total. The zero-order chi connectivity index (χ0) is 15.1. The maximum Gasteiger partial charge on any atom is 0.294 e. The summed E-state index contributed by atoms with van der Waals surface area (Å²) in [5.74, 6) is 0. The van der Waals surface area contributed by atoms with Gasteiger partial charge in [0.25, 0.3) is 5.69 Å². The van der Waals surface area contributed by atoms with Crippen molar-refractivity contribution in [2.75, 3.05) is 18.6 Å². The van der Waals surface area contributed by atoms with Crippen LogP contribution in [0.4, 0.5) is 11.4 Å². The van der Waals surface area contributed by atoms with Gasteiger partial charge in [0.15, 0.2) is 0 Å². The second-order valence-electron chi connectivity index (χ2n) is 3.84. The molecule has 0 aliphatic carbocycles. The number of hydrogen-bond acceptors (Lipinski definition) is 8. The van der Waals surface area contributed by atoms with Crippen LogP contribution in [-0.2, 0) is 0 Å². The number of aliphatic hydroxyl groups is 4. The Labute approximate surface area is 114 Å². The minimum Gasteiger partial charge on any atom is -0.394 e. The number of rotatable bonds is 7. The molecular formula is C11H15N3O6. The van der Waals surface area contributed by atoms with Gasteiger partial charge in [-0.05, 0) is 6.07 Å². The van der Waals surface area contributed by atoms with Crippen molar-refractivity contribution >= 4 is 17.1 Å². The van der Waals surface area contributed by atoms with E-state index >= 15 is 0 Å². The van der Waals surface area contributed by atoms with Crippen molar-refractivity contribution < 1.29 is 25.3 Å². The maximum atomic E-state index is 10.8. The Balaban J connectivity index is 2.92. The van der Waals surface area contributed by atoms with Crippen LogP contribution in [-0.4, -0.2) is 56.5 Å². The summed E-state index contributed by atoms with van der Waals surface area (Å²) >= 11 is 0. The van der Waals surface area contributed by atoms with Gasteiger partial charge in [0, 0.05) is 6.07 Å². The molecule has 110 valence electrons. The summed E-state index contributed by atoms with van der Waals surface area (Å²) in [5.41, 5.74) is 1.91. The molecule has 0 fully saturated rings. The predicted molar refractivity (Wildman–Crippen MR) is 70.3 cm³/mol. The average Bonchev–Trinajstić information content (AvgIpc) is 2.46. The fraction of sp³-hybridized carbons (Fsp3) is 0.364. The first kappa shape index (κ1) is 16.0. The maximum absolute atomic E-state index is 10.8. The zero-order valence-electron chi connectivity index (χ0n) is 10.4. The fourth-order valence-electron chi connectivity index (χ4n) is 1.38. The van der Waals surface area contributed by atoms with Gasteiger partial charge < -0.3 is 20.4 Å². The van der Waals surface area contributed by atoms with E-state index in [9.17, 15) is 20.3 Å². The van der Waals surface area contributed by atoms with Crippen LogP contribution in [0.5, 0.6) is 0 Å². The third kappa shape index (κ3) is 3.96. The third-order valence-electron chi connectivity index (χ3n) is 2.48. The molecular weight excluding hydrogens is 270 g/mol. The normalized spacial score (nSPS) is 14.7. The topological polar surface area (TPSA) is 148 Å². The molecule has 0 saturated carbocycles. The molecule has 0 aromatic heterocycles. The van der Waals surface area contributed by atoms with Crippen molar-refractivity contribution in [1.29, 1.82) is 0 Å². The minimum absolute atomic E-state index is 0.0640. The van der Waals surface area contributed by atoms with Gasteiger partial charge in [-0.2, -0.15) is 5.10 Å². The number of hydrogen-bond donors (Lipinski definition) is 5. The molecule has 0 aliphatic rings. The van der Waals surface area contributed by atoms with Gasteiger partial charge in [0.2, 0.25) is 0 Å². The first-order valence-corrected chi connectivity index (χ1v) is 5.65. The van der Waals surface area contributed by atoms with E-state index in [0.29, 0.717) is 0 Å². The Morgan fingerprint density at radius 3 is 2.55 bits per heavy atom. The summed E-state index contributed by atoms with van der Waals surface area (Å²) in [6.07, 6.45) is -3.09. The lowest BCUT2D eigenvalue weighted by Gasteiger charge is -2.16. The van der Waals surface area contributed by atoms with E-state index in [4.69, 9.17) is 10.2 Å². The molecule has 5 N–H and O–H groups in total. The van der Waals surface area contributed by atoms with E-state index in [1.807, 2.05) is 0 Å². The van der Waals surface area contributed by atoms with E-state index in [1.165, 1.54) is 18.2 Å². The molecule has 1 aromatic carbocycles. The SMILES string of the molecule is O=[N+]([O-])c1ccccc1N/N=C(\CO)[C@H](O)[C@H](O)CO. The van der Waals surface area contributed by atoms with Gasteiger partial charge in [-0.25, -0.2) is 0 Å². The van der Waals surface area contributed by atoms with Crippen molar-refractivity contribution in [3.8, 4) is 0 Å². The molecule has 1 rings (SSSR count).